The predicted molar refractivity (Wildman–Crippen MR) is 149 cm³/mol. The van der Waals surface area contributed by atoms with Gasteiger partial charge >= 0.3 is 0 Å². The van der Waals surface area contributed by atoms with Crippen molar-refractivity contribution < 1.29 is 9.53 Å². The summed E-state index contributed by atoms with van der Waals surface area (Å²) in [5.74, 6) is 0.931. The Bertz CT molecular complexity index is 1530. The molecule has 0 saturated carbocycles. The Balaban J connectivity index is 1.41. The first kappa shape index (κ1) is 24.7. The molecule has 4 heterocycles. The van der Waals surface area contributed by atoms with E-state index in [1.165, 1.54) is 21.1 Å². The molecule has 9 nitrogen and oxygen atoms in total. The number of fused-ring (bicyclic) bond motifs is 1. The van der Waals surface area contributed by atoms with Crippen molar-refractivity contribution in [2.24, 2.45) is 0 Å². The van der Waals surface area contributed by atoms with E-state index in [0.29, 0.717) is 39.3 Å². The van der Waals surface area contributed by atoms with Crippen molar-refractivity contribution in [3.63, 3.8) is 0 Å². The van der Waals surface area contributed by atoms with E-state index in [9.17, 15) is 9.59 Å². The number of anilines is 1. The Hall–Kier alpha value is -3.96. The van der Waals surface area contributed by atoms with Crippen molar-refractivity contribution in [2.45, 2.75) is 19.5 Å². The van der Waals surface area contributed by atoms with Crippen LogP contribution in [0.4, 0.5) is 5.82 Å². The highest BCUT2D eigenvalue weighted by Crippen LogP contribution is 2.34. The number of nitrogens with one attached hydrogen (secondary N) is 1. The fourth-order valence-electron chi connectivity index (χ4n) is 3.94. The maximum atomic E-state index is 13.4. The van der Waals surface area contributed by atoms with Crippen molar-refractivity contribution in [1.29, 1.82) is 0 Å². The van der Waals surface area contributed by atoms with E-state index < -0.39 is 0 Å². The molecule has 0 bridgehead atoms. The fourth-order valence-corrected chi connectivity index (χ4v) is 5.17. The maximum Gasteiger partial charge on any atom is 0.267 e. The SMILES string of the molecule is COc1ccc(CN2C(=O)C(=Cc3c(NCCCn4ccnc4)nc4ccccn4c3=O)SC2=S)cc1. The number of pyridine rings is 1. The van der Waals surface area contributed by atoms with Crippen LogP contribution in [-0.4, -0.2) is 47.7 Å². The van der Waals surface area contributed by atoms with Gasteiger partial charge in [0.25, 0.3) is 11.5 Å². The number of hydrogen-bond acceptors (Lipinski definition) is 8. The van der Waals surface area contributed by atoms with Crippen molar-refractivity contribution in [3.8, 4) is 5.75 Å². The van der Waals surface area contributed by atoms with Gasteiger partial charge in [-0.15, -0.1) is 0 Å². The summed E-state index contributed by atoms with van der Waals surface area (Å²) < 4.78 is 9.10. The third kappa shape index (κ3) is 5.42. The van der Waals surface area contributed by atoms with Crippen molar-refractivity contribution >= 4 is 51.7 Å². The van der Waals surface area contributed by atoms with E-state index in [2.05, 4.69) is 15.3 Å². The molecule has 1 aliphatic rings. The lowest BCUT2D eigenvalue weighted by Crippen LogP contribution is -2.27. The van der Waals surface area contributed by atoms with Gasteiger partial charge in [-0.3, -0.25) is 18.9 Å². The van der Waals surface area contributed by atoms with Crippen molar-refractivity contribution in [1.82, 2.24) is 23.8 Å². The first-order chi connectivity index (χ1) is 18.0. The van der Waals surface area contributed by atoms with E-state index in [0.717, 1.165) is 24.3 Å². The second-order valence-corrected chi connectivity index (χ2v) is 9.98. The number of thiocarbonyl (C=S) groups is 1. The highest BCUT2D eigenvalue weighted by Gasteiger charge is 2.32. The molecular weight excluding hydrogens is 508 g/mol. The van der Waals surface area contributed by atoms with Gasteiger partial charge in [-0.25, -0.2) is 9.97 Å². The summed E-state index contributed by atoms with van der Waals surface area (Å²) in [4.78, 5) is 37.4. The highest BCUT2D eigenvalue weighted by molar-refractivity contribution is 8.26. The number of rotatable bonds is 9. The largest absolute Gasteiger partial charge is 0.497 e. The van der Waals surface area contributed by atoms with Crippen molar-refractivity contribution in [3.05, 3.63) is 93.8 Å². The smallest absolute Gasteiger partial charge is 0.267 e. The number of carbonyl (C=O) groups is 1. The first-order valence-electron chi connectivity index (χ1n) is 11.6. The number of hydrogen-bond donors (Lipinski definition) is 1. The van der Waals surface area contributed by atoms with Crippen LogP contribution in [-0.2, 0) is 17.9 Å². The van der Waals surface area contributed by atoms with Crippen LogP contribution in [0.2, 0.25) is 0 Å². The zero-order valence-corrected chi connectivity index (χ0v) is 21.7. The summed E-state index contributed by atoms with van der Waals surface area (Å²) in [7, 11) is 1.61. The van der Waals surface area contributed by atoms with Crippen LogP contribution in [0.1, 0.15) is 17.5 Å². The fraction of sp³-hybridized carbons (Fsp3) is 0.192. The molecule has 11 heteroatoms. The number of imidazole rings is 1. The molecule has 5 rings (SSSR count). The number of aryl methyl sites for hydroxylation is 1. The molecule has 4 aromatic rings. The Morgan fingerprint density at radius 3 is 2.73 bits per heavy atom. The summed E-state index contributed by atoms with van der Waals surface area (Å²) in [5.41, 5.74) is 1.50. The molecule has 0 unspecified atom stereocenters. The van der Waals surface area contributed by atoms with Gasteiger partial charge in [0.15, 0.2) is 0 Å². The molecule has 0 radical (unpaired) electrons. The average Bonchev–Trinajstić information content (AvgIpc) is 3.53. The lowest BCUT2D eigenvalue weighted by Gasteiger charge is -2.14. The molecule has 1 N–H and O–H groups in total. The van der Waals surface area contributed by atoms with Gasteiger partial charge in [-0.05, 0) is 42.3 Å². The summed E-state index contributed by atoms with van der Waals surface area (Å²) in [6.45, 7) is 1.70. The third-order valence-corrected chi connectivity index (χ3v) is 7.24. The number of methoxy groups -OCH3 is 1. The molecule has 0 aliphatic carbocycles. The van der Waals surface area contributed by atoms with Gasteiger partial charge in [0.2, 0.25) is 0 Å². The van der Waals surface area contributed by atoms with Crippen LogP contribution in [0.15, 0.2) is 77.1 Å². The molecule has 0 spiro atoms. The Kier molecular flexibility index (Phi) is 7.33. The molecule has 1 amide bonds. The molecule has 188 valence electrons. The quantitative estimate of drug-likeness (QED) is 0.198. The number of ether oxygens (including phenoxy) is 1. The minimum absolute atomic E-state index is 0.241. The van der Waals surface area contributed by atoms with Gasteiger partial charge in [0.05, 0.1) is 30.5 Å². The number of benzene rings is 1. The molecule has 3 aromatic heterocycles. The lowest BCUT2D eigenvalue weighted by molar-refractivity contribution is -0.122. The predicted octanol–water partition coefficient (Wildman–Crippen LogP) is 3.80. The Labute approximate surface area is 222 Å². The minimum atomic E-state index is -0.261. The standard InChI is InChI=1S/C26H24N6O3S2/c1-35-19-8-6-18(7-9-19)16-32-25(34)21(37-26(32)36)15-20-23(28-10-4-12-30-14-11-27-17-30)29-22-5-2-3-13-31(22)24(20)33/h2-3,5-9,11,13-15,17,28H,4,10,12,16H2,1H3. The first-order valence-corrected chi connectivity index (χ1v) is 12.9. The molecule has 1 fully saturated rings. The number of nitrogens with zero attached hydrogens (tertiary/aromatic N) is 5. The average molecular weight is 533 g/mol. The zero-order chi connectivity index (χ0) is 25.8. The molecule has 1 aliphatic heterocycles. The van der Waals surface area contributed by atoms with Crippen LogP contribution >= 0.6 is 24.0 Å². The highest BCUT2D eigenvalue weighted by atomic mass is 32.2. The van der Waals surface area contributed by atoms with Gasteiger partial charge < -0.3 is 14.6 Å². The van der Waals surface area contributed by atoms with E-state index in [1.54, 1.807) is 44.0 Å². The van der Waals surface area contributed by atoms with E-state index in [-0.39, 0.29) is 11.5 Å². The van der Waals surface area contributed by atoms with Gasteiger partial charge in [-0.1, -0.05) is 42.2 Å². The van der Waals surface area contributed by atoms with Gasteiger partial charge in [-0.2, -0.15) is 0 Å². The molecule has 37 heavy (non-hydrogen) atoms. The molecule has 1 saturated heterocycles. The minimum Gasteiger partial charge on any atom is -0.497 e. The second kappa shape index (κ2) is 11.0. The number of carbonyl (C=O) groups excluding carboxylic acids is 1. The summed E-state index contributed by atoms with van der Waals surface area (Å²) in [6, 6.07) is 12.8. The topological polar surface area (TPSA) is 93.8 Å². The summed E-state index contributed by atoms with van der Waals surface area (Å²) >= 11 is 6.69. The third-order valence-electron chi connectivity index (χ3n) is 5.86. The number of aromatic nitrogens is 4. The Morgan fingerprint density at radius 2 is 1.97 bits per heavy atom. The summed E-state index contributed by atoms with van der Waals surface area (Å²) in [6.07, 6.45) is 9.47. The van der Waals surface area contributed by atoms with Crippen LogP contribution in [0.25, 0.3) is 11.7 Å². The molecule has 1 aromatic carbocycles. The maximum absolute atomic E-state index is 13.4. The normalized spacial score (nSPS) is 14.6. The van der Waals surface area contributed by atoms with Crippen molar-refractivity contribution in [2.75, 3.05) is 19.0 Å². The number of amides is 1. The van der Waals surface area contributed by atoms with E-state index in [4.69, 9.17) is 17.0 Å². The lowest BCUT2D eigenvalue weighted by atomic mass is 10.2. The molecular formula is C26H24N6O3S2. The van der Waals surface area contributed by atoms with Gasteiger partial charge in [0, 0.05) is 31.7 Å². The van der Waals surface area contributed by atoms with Crippen LogP contribution in [0.3, 0.4) is 0 Å². The van der Waals surface area contributed by atoms with Crippen LogP contribution < -0.4 is 15.6 Å². The second-order valence-electron chi connectivity index (χ2n) is 8.30. The molecule has 0 atom stereocenters. The van der Waals surface area contributed by atoms with Gasteiger partial charge in [0.1, 0.15) is 21.5 Å². The zero-order valence-electron chi connectivity index (χ0n) is 20.0. The number of thioether (sulfide) groups is 1. The monoisotopic (exact) mass is 532 g/mol. The Morgan fingerprint density at radius 1 is 1.14 bits per heavy atom. The van der Waals surface area contributed by atoms with Crippen LogP contribution in [0, 0.1) is 0 Å². The summed E-state index contributed by atoms with van der Waals surface area (Å²) in [5, 5.41) is 3.29. The van der Waals surface area contributed by atoms with E-state index >= 15 is 0 Å². The van der Waals surface area contributed by atoms with Crippen LogP contribution in [0.5, 0.6) is 5.75 Å². The van der Waals surface area contributed by atoms with E-state index in [1.807, 2.05) is 41.1 Å².